The third kappa shape index (κ3) is 4.22. The largest absolute Gasteiger partial charge is 0.393 e. The molecule has 1 rings (SSSR count). The summed E-state index contributed by atoms with van der Waals surface area (Å²) < 4.78 is 1.13. The molecule has 14 heavy (non-hydrogen) atoms. The van der Waals surface area contributed by atoms with Gasteiger partial charge in [-0.15, -0.1) is 0 Å². The quantitative estimate of drug-likeness (QED) is 0.794. The van der Waals surface area contributed by atoms with E-state index in [9.17, 15) is 0 Å². The molecule has 0 fully saturated rings. The van der Waals surface area contributed by atoms with E-state index in [0.717, 1.165) is 24.0 Å². The molecule has 0 saturated carbocycles. The topological polar surface area (TPSA) is 32.3 Å². The van der Waals surface area contributed by atoms with E-state index in [1.165, 1.54) is 5.56 Å². The van der Waals surface area contributed by atoms with Crippen LogP contribution in [0.2, 0.25) is 0 Å². The number of nitrogens with one attached hydrogen (secondary N) is 1. The minimum atomic E-state index is -0.221. The molecule has 1 aromatic carbocycles. The van der Waals surface area contributed by atoms with Crippen LogP contribution in [0.25, 0.3) is 0 Å². The van der Waals surface area contributed by atoms with Gasteiger partial charge in [-0.05, 0) is 31.5 Å². The molecule has 78 valence electrons. The second-order valence-electron chi connectivity index (χ2n) is 3.41. The molecule has 2 N–H and O–H groups in total. The second kappa shape index (κ2) is 6.17. The first kappa shape index (κ1) is 11.7. The van der Waals surface area contributed by atoms with Gasteiger partial charge < -0.3 is 10.4 Å². The summed E-state index contributed by atoms with van der Waals surface area (Å²) in [5.74, 6) is 0. The van der Waals surface area contributed by atoms with Crippen LogP contribution >= 0.6 is 15.9 Å². The Labute approximate surface area is 93.5 Å². The number of rotatable bonds is 5. The minimum absolute atomic E-state index is 0.221. The zero-order chi connectivity index (χ0) is 10.4. The SMILES string of the molecule is CC(O)CCNCc1ccccc1Br. The van der Waals surface area contributed by atoms with Crippen LogP contribution < -0.4 is 5.32 Å². The van der Waals surface area contributed by atoms with E-state index < -0.39 is 0 Å². The fourth-order valence-electron chi connectivity index (χ4n) is 1.18. The smallest absolute Gasteiger partial charge is 0.0524 e. The lowest BCUT2D eigenvalue weighted by Gasteiger charge is -2.07. The Balaban J connectivity index is 2.28. The number of benzene rings is 1. The molecule has 1 aromatic rings. The van der Waals surface area contributed by atoms with Gasteiger partial charge in [0.25, 0.3) is 0 Å². The van der Waals surface area contributed by atoms with Gasteiger partial charge in [0.15, 0.2) is 0 Å². The van der Waals surface area contributed by atoms with Crippen LogP contribution in [0.1, 0.15) is 18.9 Å². The normalized spacial score (nSPS) is 12.8. The Kier molecular flexibility index (Phi) is 5.15. The highest BCUT2D eigenvalue weighted by atomic mass is 79.9. The molecule has 3 heteroatoms. The van der Waals surface area contributed by atoms with Crippen molar-refractivity contribution in [2.75, 3.05) is 6.54 Å². The fourth-order valence-corrected chi connectivity index (χ4v) is 1.60. The molecular weight excluding hydrogens is 242 g/mol. The molecule has 0 spiro atoms. The number of halogens is 1. The Morgan fingerprint density at radius 2 is 2.14 bits per heavy atom. The van der Waals surface area contributed by atoms with Crippen LogP contribution in [-0.2, 0) is 6.54 Å². The van der Waals surface area contributed by atoms with Gasteiger partial charge in [-0.25, -0.2) is 0 Å². The monoisotopic (exact) mass is 257 g/mol. The van der Waals surface area contributed by atoms with Gasteiger partial charge in [-0.2, -0.15) is 0 Å². The predicted molar refractivity (Wildman–Crippen MR) is 62.1 cm³/mol. The van der Waals surface area contributed by atoms with Crippen molar-refractivity contribution in [1.29, 1.82) is 0 Å². The van der Waals surface area contributed by atoms with Gasteiger partial charge >= 0.3 is 0 Å². The number of hydrogen-bond acceptors (Lipinski definition) is 2. The molecule has 0 amide bonds. The van der Waals surface area contributed by atoms with Crippen molar-refractivity contribution in [2.45, 2.75) is 26.0 Å². The van der Waals surface area contributed by atoms with Crippen molar-refractivity contribution in [3.8, 4) is 0 Å². The van der Waals surface area contributed by atoms with E-state index in [-0.39, 0.29) is 6.10 Å². The third-order valence-electron chi connectivity index (χ3n) is 2.01. The third-order valence-corrected chi connectivity index (χ3v) is 2.79. The fraction of sp³-hybridized carbons (Fsp3) is 0.455. The minimum Gasteiger partial charge on any atom is -0.393 e. The van der Waals surface area contributed by atoms with Gasteiger partial charge in [-0.1, -0.05) is 34.1 Å². The average Bonchev–Trinajstić information content (AvgIpc) is 2.15. The summed E-state index contributed by atoms with van der Waals surface area (Å²) in [5.41, 5.74) is 1.25. The van der Waals surface area contributed by atoms with Crippen LogP contribution in [0.4, 0.5) is 0 Å². The summed E-state index contributed by atoms with van der Waals surface area (Å²) in [6, 6.07) is 8.14. The van der Waals surface area contributed by atoms with Crippen LogP contribution in [0.15, 0.2) is 28.7 Å². The van der Waals surface area contributed by atoms with E-state index in [4.69, 9.17) is 5.11 Å². The summed E-state index contributed by atoms with van der Waals surface area (Å²) in [5, 5.41) is 12.3. The lowest BCUT2D eigenvalue weighted by molar-refractivity contribution is 0.183. The van der Waals surface area contributed by atoms with Gasteiger partial charge in [0.2, 0.25) is 0 Å². The van der Waals surface area contributed by atoms with Crippen molar-refractivity contribution >= 4 is 15.9 Å². The molecule has 0 aliphatic heterocycles. The molecule has 0 heterocycles. The molecule has 1 unspecified atom stereocenters. The van der Waals surface area contributed by atoms with Crippen LogP contribution in [-0.4, -0.2) is 17.8 Å². The summed E-state index contributed by atoms with van der Waals surface area (Å²) >= 11 is 3.49. The molecule has 0 aliphatic rings. The zero-order valence-corrected chi connectivity index (χ0v) is 9.92. The lowest BCUT2D eigenvalue weighted by Crippen LogP contribution is -2.18. The molecule has 1 atom stereocenters. The first-order valence-corrected chi connectivity index (χ1v) is 5.61. The van der Waals surface area contributed by atoms with E-state index in [2.05, 4.69) is 27.3 Å². The van der Waals surface area contributed by atoms with Crippen LogP contribution in [0.5, 0.6) is 0 Å². The van der Waals surface area contributed by atoms with Crippen LogP contribution in [0.3, 0.4) is 0 Å². The van der Waals surface area contributed by atoms with Gasteiger partial charge in [0.05, 0.1) is 6.10 Å². The maximum Gasteiger partial charge on any atom is 0.0524 e. The Hall–Kier alpha value is -0.380. The molecular formula is C11H16BrNO. The highest BCUT2D eigenvalue weighted by molar-refractivity contribution is 9.10. The molecule has 0 radical (unpaired) electrons. The van der Waals surface area contributed by atoms with Crippen molar-refractivity contribution in [1.82, 2.24) is 5.32 Å². The summed E-state index contributed by atoms with van der Waals surface area (Å²) in [6.45, 7) is 3.49. The Morgan fingerprint density at radius 3 is 2.79 bits per heavy atom. The molecule has 0 aliphatic carbocycles. The predicted octanol–water partition coefficient (Wildman–Crippen LogP) is 2.31. The van der Waals surface area contributed by atoms with Gasteiger partial charge in [0, 0.05) is 11.0 Å². The number of aliphatic hydroxyl groups excluding tert-OH is 1. The number of aliphatic hydroxyl groups is 1. The Morgan fingerprint density at radius 1 is 1.43 bits per heavy atom. The zero-order valence-electron chi connectivity index (χ0n) is 8.33. The van der Waals surface area contributed by atoms with E-state index in [0.29, 0.717) is 0 Å². The maximum atomic E-state index is 9.05. The van der Waals surface area contributed by atoms with Gasteiger partial charge in [-0.3, -0.25) is 0 Å². The highest BCUT2D eigenvalue weighted by Gasteiger charge is 1.98. The summed E-state index contributed by atoms with van der Waals surface area (Å²) in [4.78, 5) is 0. The van der Waals surface area contributed by atoms with Crippen molar-refractivity contribution in [3.63, 3.8) is 0 Å². The van der Waals surface area contributed by atoms with Gasteiger partial charge in [0.1, 0.15) is 0 Å². The number of hydrogen-bond donors (Lipinski definition) is 2. The van der Waals surface area contributed by atoms with Crippen molar-refractivity contribution in [3.05, 3.63) is 34.3 Å². The van der Waals surface area contributed by atoms with Crippen molar-refractivity contribution in [2.24, 2.45) is 0 Å². The molecule has 2 nitrogen and oxygen atoms in total. The Bertz CT molecular complexity index is 276. The van der Waals surface area contributed by atoms with Crippen LogP contribution in [0, 0.1) is 0 Å². The molecule has 0 aromatic heterocycles. The highest BCUT2D eigenvalue weighted by Crippen LogP contribution is 2.15. The van der Waals surface area contributed by atoms with E-state index >= 15 is 0 Å². The van der Waals surface area contributed by atoms with E-state index in [1.54, 1.807) is 6.92 Å². The molecule has 0 bridgehead atoms. The first-order valence-electron chi connectivity index (χ1n) is 4.82. The van der Waals surface area contributed by atoms with Crippen molar-refractivity contribution < 1.29 is 5.11 Å². The molecule has 0 saturated heterocycles. The standard InChI is InChI=1S/C11H16BrNO/c1-9(14)6-7-13-8-10-4-2-3-5-11(10)12/h2-5,9,13-14H,6-8H2,1H3. The lowest BCUT2D eigenvalue weighted by atomic mass is 10.2. The summed E-state index contributed by atoms with van der Waals surface area (Å²) in [6.07, 6.45) is 0.575. The average molecular weight is 258 g/mol. The second-order valence-corrected chi connectivity index (χ2v) is 4.26. The first-order chi connectivity index (χ1) is 6.70. The van der Waals surface area contributed by atoms with E-state index in [1.807, 2.05) is 18.2 Å². The summed E-state index contributed by atoms with van der Waals surface area (Å²) in [7, 11) is 0. The maximum absolute atomic E-state index is 9.05.